The summed E-state index contributed by atoms with van der Waals surface area (Å²) in [6.07, 6.45) is -10.3. The molecule has 0 saturated carbocycles. The van der Waals surface area contributed by atoms with Crippen molar-refractivity contribution < 1.29 is 26.3 Å². The van der Waals surface area contributed by atoms with Gasteiger partial charge in [0.25, 0.3) is 5.56 Å². The van der Waals surface area contributed by atoms with Crippen LogP contribution >= 0.6 is 0 Å². The van der Waals surface area contributed by atoms with Crippen molar-refractivity contribution in [1.29, 1.82) is 0 Å². The molecule has 6 nitrogen and oxygen atoms in total. The minimum Gasteiger partial charge on any atom is -0.318 e. The highest BCUT2D eigenvalue weighted by Gasteiger charge is 2.41. The maximum absolute atomic E-state index is 12.7. The van der Waals surface area contributed by atoms with Crippen LogP contribution in [0.4, 0.5) is 26.3 Å². The highest BCUT2D eigenvalue weighted by molar-refractivity contribution is 5.71. The number of hydrogen-bond donors (Lipinski definition) is 0. The summed E-state index contributed by atoms with van der Waals surface area (Å²) >= 11 is 0. The zero-order chi connectivity index (χ0) is 16.3. The van der Waals surface area contributed by atoms with Crippen molar-refractivity contribution >= 4 is 11.2 Å². The van der Waals surface area contributed by atoms with Crippen molar-refractivity contribution in [2.45, 2.75) is 12.5 Å². The Balaban J connectivity index is 3.09. The first-order valence-electron chi connectivity index (χ1n) is 5.20. The maximum atomic E-state index is 12.7. The second-order valence-electron chi connectivity index (χ2n) is 4.11. The van der Waals surface area contributed by atoms with Crippen molar-refractivity contribution in [1.82, 2.24) is 18.7 Å². The summed E-state index contributed by atoms with van der Waals surface area (Å²) in [6, 6.07) is 0. The van der Waals surface area contributed by atoms with Gasteiger partial charge in [-0.1, -0.05) is 0 Å². The molecule has 0 fully saturated rings. The number of aryl methyl sites for hydroxylation is 2. The van der Waals surface area contributed by atoms with Gasteiger partial charge in [-0.15, -0.1) is 13.2 Å². The van der Waals surface area contributed by atoms with E-state index in [1.807, 2.05) is 0 Å². The van der Waals surface area contributed by atoms with Crippen LogP contribution in [0.25, 0.3) is 11.2 Å². The minimum absolute atomic E-state index is 0.180. The molecule has 0 radical (unpaired) electrons. The van der Waals surface area contributed by atoms with E-state index in [9.17, 15) is 35.9 Å². The molecule has 0 unspecified atom stereocenters. The lowest BCUT2D eigenvalue weighted by Crippen LogP contribution is -2.45. The van der Waals surface area contributed by atoms with E-state index in [0.29, 0.717) is 0 Å². The summed E-state index contributed by atoms with van der Waals surface area (Å²) < 4.78 is 75.5. The van der Waals surface area contributed by atoms with Gasteiger partial charge < -0.3 is 4.57 Å². The number of imidazole rings is 1. The molecule has 0 aliphatic rings. The largest absolute Gasteiger partial charge is 0.495 e. The van der Waals surface area contributed by atoms with Crippen LogP contribution in [0.5, 0.6) is 0 Å². The molecular formula is C9H6F6N4O2. The summed E-state index contributed by atoms with van der Waals surface area (Å²) in [5.41, 5.74) is -5.49. The van der Waals surface area contributed by atoms with Gasteiger partial charge in [0, 0.05) is 14.1 Å². The summed E-state index contributed by atoms with van der Waals surface area (Å²) in [5.74, 6) is -1.58. The lowest BCUT2D eigenvalue weighted by atomic mass is 10.5. The molecule has 0 spiro atoms. The summed E-state index contributed by atoms with van der Waals surface area (Å²) in [4.78, 5) is 26.3. The van der Waals surface area contributed by atoms with E-state index in [0.717, 1.165) is 14.1 Å². The lowest BCUT2D eigenvalue weighted by Gasteiger charge is -2.11. The Morgan fingerprint density at radius 1 is 0.952 bits per heavy atom. The summed E-state index contributed by atoms with van der Waals surface area (Å²) in [5, 5.41) is 0. The fourth-order valence-electron chi connectivity index (χ4n) is 1.87. The molecule has 0 N–H and O–H groups in total. The van der Waals surface area contributed by atoms with E-state index in [1.54, 1.807) is 0 Å². The normalized spacial score (nSPS) is 13.1. The molecule has 21 heavy (non-hydrogen) atoms. The Labute approximate surface area is 110 Å². The standard InChI is InChI=1S/C9H6F6N4O2/c1-17-3-4(16-6(17)8(10,11)12)18(2)7(21)19(5(3)20)9(13,14)15/h1-2H3. The zero-order valence-electron chi connectivity index (χ0n) is 10.4. The van der Waals surface area contributed by atoms with Crippen LogP contribution in [0.3, 0.4) is 0 Å². The van der Waals surface area contributed by atoms with Crippen LogP contribution in [0.1, 0.15) is 5.82 Å². The fourth-order valence-corrected chi connectivity index (χ4v) is 1.87. The van der Waals surface area contributed by atoms with Crippen molar-refractivity contribution in [3.05, 3.63) is 26.7 Å². The number of nitrogens with zero attached hydrogens (tertiary/aromatic N) is 4. The van der Waals surface area contributed by atoms with Crippen LogP contribution < -0.4 is 11.2 Å². The van der Waals surface area contributed by atoms with E-state index in [-0.39, 0.29) is 9.13 Å². The molecule has 0 amide bonds. The van der Waals surface area contributed by atoms with Crippen molar-refractivity contribution in [3.8, 4) is 0 Å². The van der Waals surface area contributed by atoms with Gasteiger partial charge in [0.05, 0.1) is 0 Å². The smallest absolute Gasteiger partial charge is 0.318 e. The number of hydrogen-bond acceptors (Lipinski definition) is 3. The monoisotopic (exact) mass is 316 g/mol. The third-order valence-electron chi connectivity index (χ3n) is 2.79. The van der Waals surface area contributed by atoms with Gasteiger partial charge in [-0.2, -0.15) is 17.7 Å². The molecule has 2 aromatic heterocycles. The van der Waals surface area contributed by atoms with Crippen LogP contribution in [-0.4, -0.2) is 18.7 Å². The lowest BCUT2D eigenvalue weighted by molar-refractivity contribution is -0.209. The second-order valence-corrected chi connectivity index (χ2v) is 4.11. The third-order valence-corrected chi connectivity index (χ3v) is 2.79. The zero-order valence-corrected chi connectivity index (χ0v) is 10.4. The minimum atomic E-state index is -5.36. The number of alkyl halides is 6. The van der Waals surface area contributed by atoms with E-state index in [4.69, 9.17) is 0 Å². The molecule has 2 heterocycles. The second kappa shape index (κ2) is 4.11. The Bertz CT molecular complexity index is 837. The Morgan fingerprint density at radius 2 is 1.48 bits per heavy atom. The molecule has 0 saturated heterocycles. The molecule has 0 aliphatic carbocycles. The number of fused-ring (bicyclic) bond motifs is 1. The highest BCUT2D eigenvalue weighted by atomic mass is 19.4. The van der Waals surface area contributed by atoms with Gasteiger partial charge in [-0.25, -0.2) is 9.78 Å². The Kier molecular flexibility index (Phi) is 2.96. The third kappa shape index (κ3) is 2.10. The van der Waals surface area contributed by atoms with Crippen LogP contribution in [0.15, 0.2) is 9.59 Å². The van der Waals surface area contributed by atoms with E-state index >= 15 is 0 Å². The quantitative estimate of drug-likeness (QED) is 0.679. The van der Waals surface area contributed by atoms with Gasteiger partial charge in [0.1, 0.15) is 0 Å². The number of halogens is 6. The predicted molar refractivity (Wildman–Crippen MR) is 56.5 cm³/mol. The molecule has 116 valence electrons. The van der Waals surface area contributed by atoms with Gasteiger partial charge >= 0.3 is 18.2 Å². The predicted octanol–water partition coefficient (Wildman–Crippen LogP) is 0.929. The molecule has 2 rings (SSSR count). The van der Waals surface area contributed by atoms with Crippen LogP contribution in [-0.2, 0) is 26.6 Å². The SMILES string of the molecule is Cn1c(C(F)(F)F)nc2c1c(=O)n(C(F)(F)F)c(=O)n2C. The molecule has 0 atom stereocenters. The molecule has 0 aliphatic heterocycles. The van der Waals surface area contributed by atoms with Crippen molar-refractivity contribution in [3.63, 3.8) is 0 Å². The maximum Gasteiger partial charge on any atom is 0.495 e. The topological polar surface area (TPSA) is 61.8 Å². The average molecular weight is 316 g/mol. The van der Waals surface area contributed by atoms with Gasteiger partial charge in [-0.3, -0.25) is 9.36 Å². The van der Waals surface area contributed by atoms with E-state index in [1.165, 1.54) is 0 Å². The number of aromatic nitrogens is 4. The van der Waals surface area contributed by atoms with Gasteiger partial charge in [0.2, 0.25) is 5.82 Å². The first-order valence-corrected chi connectivity index (χ1v) is 5.20. The Morgan fingerprint density at radius 3 is 1.90 bits per heavy atom. The molecule has 2 aromatic rings. The Hall–Kier alpha value is -2.27. The molecule has 0 aromatic carbocycles. The summed E-state index contributed by atoms with van der Waals surface area (Å²) in [7, 11) is 1.53. The van der Waals surface area contributed by atoms with Gasteiger partial charge in [0.15, 0.2) is 11.2 Å². The fraction of sp³-hybridized carbons (Fsp3) is 0.444. The highest BCUT2D eigenvalue weighted by Crippen LogP contribution is 2.29. The van der Waals surface area contributed by atoms with Crippen molar-refractivity contribution in [2.24, 2.45) is 14.1 Å². The van der Waals surface area contributed by atoms with Gasteiger partial charge in [-0.05, 0) is 0 Å². The average Bonchev–Trinajstić information content (AvgIpc) is 2.62. The van der Waals surface area contributed by atoms with E-state index in [2.05, 4.69) is 4.98 Å². The molecular weight excluding hydrogens is 310 g/mol. The van der Waals surface area contributed by atoms with Crippen LogP contribution in [0, 0.1) is 0 Å². The first-order chi connectivity index (χ1) is 9.37. The number of rotatable bonds is 0. The molecule has 12 heteroatoms. The first kappa shape index (κ1) is 15.1. The summed E-state index contributed by atoms with van der Waals surface area (Å²) in [6.45, 7) is 0. The van der Waals surface area contributed by atoms with Crippen LogP contribution in [0.2, 0.25) is 0 Å². The molecule has 0 bridgehead atoms. The van der Waals surface area contributed by atoms with E-state index < -0.39 is 45.3 Å². The van der Waals surface area contributed by atoms with Crippen molar-refractivity contribution in [2.75, 3.05) is 0 Å².